The van der Waals surface area contributed by atoms with Gasteiger partial charge in [-0.25, -0.2) is 9.59 Å². The highest BCUT2D eigenvalue weighted by Crippen LogP contribution is 2.11. The van der Waals surface area contributed by atoms with E-state index in [0.29, 0.717) is 19.6 Å². The predicted molar refractivity (Wildman–Crippen MR) is 82.4 cm³/mol. The van der Waals surface area contributed by atoms with Gasteiger partial charge in [0, 0.05) is 19.7 Å². The van der Waals surface area contributed by atoms with Gasteiger partial charge in [0.1, 0.15) is 6.04 Å². The molecule has 1 unspecified atom stereocenters. The van der Waals surface area contributed by atoms with Crippen molar-refractivity contribution in [1.82, 2.24) is 10.2 Å². The SMILES string of the molecule is CCC(CC)N(CCOC)C(=O)NC(CC(C)C)C(=O)O. The normalized spacial score (nSPS) is 12.5. The lowest BCUT2D eigenvalue weighted by molar-refractivity contribution is -0.139. The van der Waals surface area contributed by atoms with Crippen LogP contribution >= 0.6 is 0 Å². The monoisotopic (exact) mass is 302 g/mol. The Morgan fingerprint density at radius 2 is 1.81 bits per heavy atom. The largest absolute Gasteiger partial charge is 0.480 e. The number of urea groups is 1. The second kappa shape index (κ2) is 10.4. The fourth-order valence-electron chi connectivity index (χ4n) is 2.29. The van der Waals surface area contributed by atoms with E-state index in [1.165, 1.54) is 0 Å². The smallest absolute Gasteiger partial charge is 0.326 e. The zero-order chi connectivity index (χ0) is 16.4. The lowest BCUT2D eigenvalue weighted by atomic mass is 10.0. The summed E-state index contributed by atoms with van der Waals surface area (Å²) in [5.41, 5.74) is 0. The Hall–Kier alpha value is -1.30. The Morgan fingerprint density at radius 1 is 1.24 bits per heavy atom. The highest BCUT2D eigenvalue weighted by Gasteiger charge is 2.26. The highest BCUT2D eigenvalue weighted by atomic mass is 16.5. The molecular formula is C15H30N2O4. The molecule has 0 aromatic carbocycles. The summed E-state index contributed by atoms with van der Waals surface area (Å²) in [4.78, 5) is 25.3. The van der Waals surface area contributed by atoms with Crippen molar-refractivity contribution >= 4 is 12.0 Å². The van der Waals surface area contributed by atoms with Crippen LogP contribution in [-0.4, -0.2) is 54.4 Å². The van der Waals surface area contributed by atoms with Crippen LogP contribution in [0, 0.1) is 5.92 Å². The average Bonchev–Trinajstić information content (AvgIpc) is 2.41. The first-order chi connectivity index (χ1) is 9.87. The van der Waals surface area contributed by atoms with Gasteiger partial charge in [0.25, 0.3) is 0 Å². The van der Waals surface area contributed by atoms with Crippen molar-refractivity contribution in [2.75, 3.05) is 20.3 Å². The topological polar surface area (TPSA) is 78.9 Å². The molecule has 0 rings (SSSR count). The molecule has 0 aliphatic carbocycles. The van der Waals surface area contributed by atoms with E-state index < -0.39 is 12.0 Å². The molecular weight excluding hydrogens is 272 g/mol. The van der Waals surface area contributed by atoms with Crippen LogP contribution in [0.15, 0.2) is 0 Å². The summed E-state index contributed by atoms with van der Waals surface area (Å²) in [7, 11) is 1.59. The summed E-state index contributed by atoms with van der Waals surface area (Å²) in [5, 5.41) is 11.9. The molecule has 0 aromatic heterocycles. The molecule has 0 aliphatic rings. The molecule has 6 nitrogen and oxygen atoms in total. The standard InChI is InChI=1S/C15H30N2O4/c1-6-12(7-2)17(8-9-21-5)15(20)16-13(14(18)19)10-11(3)4/h11-13H,6-10H2,1-5H3,(H,16,20)(H,18,19). The summed E-state index contributed by atoms with van der Waals surface area (Å²) in [6.07, 6.45) is 2.08. The number of carbonyl (C=O) groups is 2. The molecule has 6 heteroatoms. The number of hydrogen-bond acceptors (Lipinski definition) is 3. The van der Waals surface area contributed by atoms with Crippen molar-refractivity contribution in [2.45, 2.75) is 59.0 Å². The van der Waals surface area contributed by atoms with Crippen LogP contribution in [0.2, 0.25) is 0 Å². The van der Waals surface area contributed by atoms with Gasteiger partial charge >= 0.3 is 12.0 Å². The van der Waals surface area contributed by atoms with Gasteiger partial charge in [0.15, 0.2) is 0 Å². The number of carboxylic acids is 1. The van der Waals surface area contributed by atoms with Crippen molar-refractivity contribution < 1.29 is 19.4 Å². The number of rotatable bonds is 10. The van der Waals surface area contributed by atoms with Crippen LogP contribution in [0.4, 0.5) is 4.79 Å². The maximum absolute atomic E-state index is 12.4. The second-order valence-electron chi connectivity index (χ2n) is 5.63. The van der Waals surface area contributed by atoms with Crippen molar-refractivity contribution in [2.24, 2.45) is 5.92 Å². The molecule has 0 fully saturated rings. The van der Waals surface area contributed by atoms with E-state index in [4.69, 9.17) is 4.74 Å². The van der Waals surface area contributed by atoms with E-state index in [2.05, 4.69) is 5.32 Å². The molecule has 2 N–H and O–H groups in total. The lowest BCUT2D eigenvalue weighted by Gasteiger charge is -2.31. The first kappa shape index (κ1) is 19.7. The van der Waals surface area contributed by atoms with E-state index in [9.17, 15) is 14.7 Å². The van der Waals surface area contributed by atoms with E-state index in [1.807, 2.05) is 27.7 Å². The van der Waals surface area contributed by atoms with Crippen LogP contribution in [0.25, 0.3) is 0 Å². The molecule has 124 valence electrons. The third-order valence-corrected chi connectivity index (χ3v) is 3.48. The molecule has 0 saturated heterocycles. The van der Waals surface area contributed by atoms with Crippen LogP contribution in [0.1, 0.15) is 47.0 Å². The van der Waals surface area contributed by atoms with Gasteiger partial charge in [0.05, 0.1) is 6.61 Å². The van der Waals surface area contributed by atoms with Crippen molar-refractivity contribution in [3.63, 3.8) is 0 Å². The minimum absolute atomic E-state index is 0.0913. The van der Waals surface area contributed by atoms with Gasteiger partial charge in [-0.15, -0.1) is 0 Å². The minimum Gasteiger partial charge on any atom is -0.480 e. The lowest BCUT2D eigenvalue weighted by Crippen LogP contribution is -2.52. The summed E-state index contributed by atoms with van der Waals surface area (Å²) in [6, 6.07) is -1.08. The molecule has 0 bridgehead atoms. The third kappa shape index (κ3) is 7.32. The Balaban J connectivity index is 4.87. The Morgan fingerprint density at radius 3 is 2.19 bits per heavy atom. The zero-order valence-electron chi connectivity index (χ0n) is 13.9. The minimum atomic E-state index is -0.992. The first-order valence-electron chi connectivity index (χ1n) is 7.66. The zero-order valence-corrected chi connectivity index (χ0v) is 13.9. The third-order valence-electron chi connectivity index (χ3n) is 3.48. The van der Waals surface area contributed by atoms with Gasteiger partial charge in [-0.05, 0) is 25.2 Å². The number of ether oxygens (including phenoxy) is 1. The van der Waals surface area contributed by atoms with Crippen LogP contribution in [0.5, 0.6) is 0 Å². The number of nitrogens with one attached hydrogen (secondary N) is 1. The van der Waals surface area contributed by atoms with Gasteiger partial charge in [-0.1, -0.05) is 27.7 Å². The van der Waals surface area contributed by atoms with E-state index in [-0.39, 0.29) is 18.0 Å². The van der Waals surface area contributed by atoms with Gasteiger partial charge in [-0.3, -0.25) is 0 Å². The van der Waals surface area contributed by atoms with Gasteiger partial charge in [-0.2, -0.15) is 0 Å². The van der Waals surface area contributed by atoms with Crippen molar-refractivity contribution in [1.29, 1.82) is 0 Å². The molecule has 2 amide bonds. The molecule has 1 atom stereocenters. The molecule has 0 heterocycles. The van der Waals surface area contributed by atoms with Crippen LogP contribution in [-0.2, 0) is 9.53 Å². The number of nitrogens with zero attached hydrogens (tertiary/aromatic N) is 1. The number of carboxylic acid groups (broad SMARTS) is 1. The number of hydrogen-bond donors (Lipinski definition) is 2. The fraction of sp³-hybridized carbons (Fsp3) is 0.867. The molecule has 0 spiro atoms. The van der Waals surface area contributed by atoms with E-state index in [1.54, 1.807) is 12.0 Å². The molecule has 0 radical (unpaired) electrons. The van der Waals surface area contributed by atoms with Gasteiger partial charge in [0.2, 0.25) is 0 Å². The Labute approximate surface area is 127 Å². The fourth-order valence-corrected chi connectivity index (χ4v) is 2.29. The molecule has 0 aliphatic heterocycles. The summed E-state index contributed by atoms with van der Waals surface area (Å²) in [5.74, 6) is -0.791. The molecule has 0 saturated carbocycles. The van der Waals surface area contributed by atoms with E-state index in [0.717, 1.165) is 12.8 Å². The van der Waals surface area contributed by atoms with Gasteiger partial charge < -0.3 is 20.1 Å². The summed E-state index contributed by atoms with van der Waals surface area (Å²) >= 11 is 0. The maximum Gasteiger partial charge on any atom is 0.326 e. The number of carbonyl (C=O) groups excluding carboxylic acids is 1. The van der Waals surface area contributed by atoms with Crippen LogP contribution in [0.3, 0.4) is 0 Å². The van der Waals surface area contributed by atoms with Crippen LogP contribution < -0.4 is 5.32 Å². The quantitative estimate of drug-likeness (QED) is 0.649. The molecule has 0 aromatic rings. The number of aliphatic carboxylic acids is 1. The van der Waals surface area contributed by atoms with Crippen molar-refractivity contribution in [3.8, 4) is 0 Å². The Bertz CT molecular complexity index is 317. The average molecular weight is 302 g/mol. The summed E-state index contributed by atoms with van der Waals surface area (Å²) in [6.45, 7) is 8.81. The second-order valence-corrected chi connectivity index (χ2v) is 5.63. The summed E-state index contributed by atoms with van der Waals surface area (Å²) < 4.78 is 5.04. The predicted octanol–water partition coefficient (Wildman–Crippen LogP) is 2.33. The maximum atomic E-state index is 12.4. The van der Waals surface area contributed by atoms with E-state index >= 15 is 0 Å². The highest BCUT2D eigenvalue weighted by molar-refractivity contribution is 5.82. The molecule has 21 heavy (non-hydrogen) atoms. The first-order valence-corrected chi connectivity index (χ1v) is 7.66. The number of amides is 2. The number of methoxy groups -OCH3 is 1. The Kier molecular flexibility index (Phi) is 9.78. The van der Waals surface area contributed by atoms with Crippen molar-refractivity contribution in [3.05, 3.63) is 0 Å².